The van der Waals surface area contributed by atoms with E-state index >= 15 is 0 Å². The van der Waals surface area contributed by atoms with Gasteiger partial charge in [-0.25, -0.2) is 44.2 Å². The number of hydrogen-bond donors (Lipinski definition) is 0. The molecule has 0 N–H and O–H groups in total. The first-order chi connectivity index (χ1) is 43.8. The highest BCUT2D eigenvalue weighted by atomic mass is 32.2. The van der Waals surface area contributed by atoms with Crippen molar-refractivity contribution >= 4 is 82.3 Å². The summed E-state index contributed by atoms with van der Waals surface area (Å²) in [7, 11) is -3.20. The number of sulfonamides is 2. The lowest BCUT2D eigenvalue weighted by Gasteiger charge is -2.27. The minimum atomic E-state index is -4.29. The molecule has 0 saturated heterocycles. The first-order valence-corrected chi connectivity index (χ1v) is 38.9. The Morgan fingerprint density at radius 1 is 0.533 bits per heavy atom. The lowest BCUT2D eigenvalue weighted by molar-refractivity contribution is 0.134. The van der Waals surface area contributed by atoms with Crippen molar-refractivity contribution < 1.29 is 62.9 Å². The minimum absolute atomic E-state index is 0.00165. The lowest BCUT2D eigenvalue weighted by atomic mass is 10.2. The molecule has 92 heavy (non-hydrogen) atoms. The number of aromatic nitrogens is 12. The minimum Gasteiger partial charge on any atom is -0.494 e. The number of halogens is 2. The summed E-state index contributed by atoms with van der Waals surface area (Å²) < 4.78 is 141. The molecule has 0 saturated carbocycles. The van der Waals surface area contributed by atoms with Crippen LogP contribution >= 0.6 is 0 Å². The molecule has 10 rings (SSSR count). The Hall–Kier alpha value is -9.09. The van der Waals surface area contributed by atoms with Crippen LogP contribution in [0.25, 0.3) is 68.8 Å². The zero-order chi connectivity index (χ0) is 66.5. The SMILES string of the molecule is COCn1cnc2c(/C=C(/C)S(=O)(=O)N(CC[Si](C)(C)C)c3nnc(-c4ccco4)n3-c3c(OC)cccc3OC)ncc(F)c21.COCn1cnc2c(/C=C(\C)S(=O)(=O)N(CC[Si](C)(C)C)c3nnc(-c4ccco4)n3-c3c(OC)cccc3OC)ncc(F)c21. The van der Waals surface area contributed by atoms with Crippen molar-refractivity contribution in [2.75, 3.05) is 64.4 Å². The van der Waals surface area contributed by atoms with E-state index in [1.807, 2.05) is 0 Å². The number of ether oxygens (including phenoxy) is 6. The molecule has 0 aliphatic carbocycles. The number of rotatable bonds is 26. The highest BCUT2D eigenvalue weighted by Gasteiger charge is 2.37. The van der Waals surface area contributed by atoms with Gasteiger partial charge in [0.05, 0.1) is 87.2 Å². The number of pyridine rings is 2. The number of fused-ring (bicyclic) bond motifs is 2. The molecule has 0 fully saturated rings. The van der Waals surface area contributed by atoms with Gasteiger partial charge in [0.25, 0.3) is 20.0 Å². The maximum atomic E-state index is 14.8. The van der Waals surface area contributed by atoms with E-state index in [0.717, 1.165) is 12.4 Å². The Balaban J connectivity index is 0.000000217. The number of allylic oxidation sites excluding steroid dienone is 2. The molecule has 10 aromatic rings. The molecule has 0 amide bonds. The normalized spacial score (nSPS) is 12.6. The van der Waals surface area contributed by atoms with Crippen LogP contribution in [-0.2, 0) is 43.0 Å². The Labute approximate surface area is 532 Å². The van der Waals surface area contributed by atoms with Gasteiger partial charge in [-0.1, -0.05) is 51.4 Å². The van der Waals surface area contributed by atoms with E-state index in [-0.39, 0.29) is 93.4 Å². The van der Waals surface area contributed by atoms with Gasteiger partial charge >= 0.3 is 0 Å². The number of furan rings is 2. The lowest BCUT2D eigenvalue weighted by Crippen LogP contribution is -2.38. The summed E-state index contributed by atoms with van der Waals surface area (Å²) in [6.07, 6.45) is 10.6. The predicted molar refractivity (Wildman–Crippen MR) is 349 cm³/mol. The average Bonchev–Trinajstić information content (AvgIpc) is 1.52. The molecular weight excluding hydrogens is 1270 g/mol. The smallest absolute Gasteiger partial charge is 0.262 e. The average molecular weight is 1340 g/mol. The molecule has 26 nitrogen and oxygen atoms in total. The number of imidazole rings is 2. The molecule has 0 radical (unpaired) electrons. The van der Waals surface area contributed by atoms with Crippen LogP contribution in [-0.4, -0.2) is 147 Å². The molecule has 8 aromatic heterocycles. The molecule has 0 aliphatic heterocycles. The van der Waals surface area contributed by atoms with Crippen molar-refractivity contribution in [3.8, 4) is 57.5 Å². The molecular formula is C60H72F2N14O12S2Si2. The van der Waals surface area contributed by atoms with Crippen LogP contribution in [0.2, 0.25) is 51.4 Å². The summed E-state index contributed by atoms with van der Waals surface area (Å²) in [5, 5.41) is 17.6. The van der Waals surface area contributed by atoms with Crippen LogP contribution in [0, 0.1) is 11.6 Å². The van der Waals surface area contributed by atoms with Crippen LogP contribution < -0.4 is 27.6 Å². The van der Waals surface area contributed by atoms with Crippen LogP contribution in [0.15, 0.2) is 117 Å². The van der Waals surface area contributed by atoms with E-state index in [4.69, 9.17) is 37.3 Å². The Bertz CT molecular complexity index is 4210. The summed E-state index contributed by atoms with van der Waals surface area (Å²) in [4.78, 5) is 16.8. The maximum Gasteiger partial charge on any atom is 0.262 e. The molecule has 0 aliphatic rings. The first-order valence-electron chi connectivity index (χ1n) is 28.6. The van der Waals surface area contributed by atoms with Gasteiger partial charge in [0.15, 0.2) is 23.2 Å². The Morgan fingerprint density at radius 3 is 1.20 bits per heavy atom. The number of hydrogen-bond acceptors (Lipinski definition) is 20. The molecule has 488 valence electrons. The highest BCUT2D eigenvalue weighted by molar-refractivity contribution is 7.97. The van der Waals surface area contributed by atoms with Gasteiger partial charge in [0, 0.05) is 43.5 Å². The van der Waals surface area contributed by atoms with Gasteiger partial charge < -0.3 is 46.4 Å². The number of nitrogens with zero attached hydrogens (tertiary/aromatic N) is 14. The van der Waals surface area contributed by atoms with Crippen molar-refractivity contribution in [3.05, 3.63) is 131 Å². The number of anilines is 2. The van der Waals surface area contributed by atoms with Crippen molar-refractivity contribution in [3.63, 3.8) is 0 Å². The summed E-state index contributed by atoms with van der Waals surface area (Å²) in [6.45, 7) is 16.1. The number of para-hydroxylation sites is 2. The Morgan fingerprint density at radius 2 is 0.891 bits per heavy atom. The van der Waals surface area contributed by atoms with Crippen molar-refractivity contribution in [2.45, 2.75) is 78.7 Å². The van der Waals surface area contributed by atoms with Gasteiger partial charge in [-0.3, -0.25) is 19.1 Å². The van der Waals surface area contributed by atoms with E-state index in [1.165, 1.54) is 112 Å². The fraction of sp³-hybridized carbons (Fsp3) is 0.333. The van der Waals surface area contributed by atoms with Crippen LogP contribution in [0.5, 0.6) is 23.0 Å². The van der Waals surface area contributed by atoms with Gasteiger partial charge in [-0.15, -0.1) is 20.4 Å². The quantitative estimate of drug-likeness (QED) is 0.0455. The monoisotopic (exact) mass is 1340 g/mol. The first kappa shape index (κ1) is 67.3. The fourth-order valence-electron chi connectivity index (χ4n) is 9.75. The third-order valence-corrected chi connectivity index (χ3v) is 21.6. The van der Waals surface area contributed by atoms with E-state index in [9.17, 15) is 25.6 Å². The van der Waals surface area contributed by atoms with Crippen LogP contribution in [0.4, 0.5) is 20.7 Å². The molecule has 32 heteroatoms. The van der Waals surface area contributed by atoms with Crippen molar-refractivity contribution in [1.82, 2.24) is 58.6 Å². The van der Waals surface area contributed by atoms with Crippen LogP contribution in [0.3, 0.4) is 0 Å². The standard InChI is InChI=1S/2C30H36FN7O6SSi/c2*1-20(16-22-26-27(21(31)17-32-22)36(18-33-26)19-41-2)45(39,40)37(13-15-46(5,6)7)30-35-34-29(25-12-9-14-44-25)38(30)28-23(42-3)10-8-11-24(28)43-4/h2*8-12,14,16-18H,13,15,19H2,1-7H3/b20-16+;20-16-. The van der Waals surface area contributed by atoms with Gasteiger partial charge in [-0.05, 0) is 86.6 Å². The summed E-state index contributed by atoms with van der Waals surface area (Å²) in [6, 6.07) is 18.4. The van der Waals surface area contributed by atoms with Crippen molar-refractivity contribution in [2.24, 2.45) is 0 Å². The second-order valence-corrected chi connectivity index (χ2v) is 38.5. The molecule has 0 unspecified atom stereocenters. The maximum absolute atomic E-state index is 14.8. The molecule has 0 atom stereocenters. The zero-order valence-corrected chi connectivity index (χ0v) is 57.0. The highest BCUT2D eigenvalue weighted by Crippen LogP contribution is 2.42. The third kappa shape index (κ3) is 13.9. The second kappa shape index (κ2) is 27.8. The van der Waals surface area contributed by atoms with Gasteiger partial charge in [0.2, 0.25) is 23.5 Å². The van der Waals surface area contributed by atoms with Gasteiger partial charge in [-0.2, -0.15) is 0 Å². The van der Waals surface area contributed by atoms with E-state index < -0.39 is 47.8 Å². The van der Waals surface area contributed by atoms with E-state index in [0.29, 0.717) is 58.0 Å². The van der Waals surface area contributed by atoms with Crippen LogP contribution in [0.1, 0.15) is 25.2 Å². The summed E-state index contributed by atoms with van der Waals surface area (Å²) >= 11 is 0. The summed E-state index contributed by atoms with van der Waals surface area (Å²) in [5.41, 5.74) is 1.83. The molecule has 2 aromatic carbocycles. The molecule has 0 spiro atoms. The van der Waals surface area contributed by atoms with Crippen molar-refractivity contribution in [1.29, 1.82) is 0 Å². The second-order valence-electron chi connectivity index (χ2n) is 23.2. The third-order valence-electron chi connectivity index (χ3n) is 14.5. The van der Waals surface area contributed by atoms with E-state index in [1.54, 1.807) is 69.8 Å². The number of benzene rings is 2. The topological polar surface area (TPSA) is 279 Å². The fourth-order valence-corrected chi connectivity index (χ4v) is 14.4. The zero-order valence-electron chi connectivity index (χ0n) is 53.4. The predicted octanol–water partition coefficient (Wildman–Crippen LogP) is 11.1. The summed E-state index contributed by atoms with van der Waals surface area (Å²) in [5.74, 6) is 1.55. The van der Waals surface area contributed by atoms with Gasteiger partial charge in [0.1, 0.15) is 69.9 Å². The number of methoxy groups -OCH3 is 6. The molecule has 8 heterocycles. The Kier molecular flexibility index (Phi) is 20.3. The van der Waals surface area contributed by atoms with E-state index in [2.05, 4.69) is 79.6 Å². The molecule has 0 bridgehead atoms. The largest absolute Gasteiger partial charge is 0.494 e.